The third kappa shape index (κ3) is 7.58. The largest absolute Gasteiger partial charge is 0.328 e. The van der Waals surface area contributed by atoms with Gasteiger partial charge >= 0.3 is 0 Å². The molecule has 2 saturated carbocycles. The maximum absolute atomic E-state index is 14.3. The molecule has 1 saturated heterocycles. The van der Waals surface area contributed by atoms with Crippen molar-refractivity contribution in [2.24, 2.45) is 11.7 Å². The van der Waals surface area contributed by atoms with Gasteiger partial charge in [0.15, 0.2) is 5.65 Å². The topological polar surface area (TPSA) is 88.1 Å². The minimum Gasteiger partial charge on any atom is -0.328 e. The zero-order valence-corrected chi connectivity index (χ0v) is 25.6. The van der Waals surface area contributed by atoms with Crippen LogP contribution < -0.4 is 16.3 Å². The van der Waals surface area contributed by atoms with Crippen LogP contribution in [0, 0.1) is 17.6 Å². The molecule has 0 amide bonds. The van der Waals surface area contributed by atoms with Crippen molar-refractivity contribution >= 4 is 54.3 Å². The number of halogens is 5. The van der Waals surface area contributed by atoms with E-state index in [1.807, 2.05) is 17.6 Å². The Bertz CT molecular complexity index is 1220. The normalized spacial score (nSPS) is 22.1. The Morgan fingerprint density at radius 1 is 0.902 bits per heavy atom. The van der Waals surface area contributed by atoms with Crippen LogP contribution in [0.2, 0.25) is 0 Å². The summed E-state index contributed by atoms with van der Waals surface area (Å²) in [4.78, 5) is 14.3. The van der Waals surface area contributed by atoms with Gasteiger partial charge in [-0.15, -0.1) is 37.2 Å². The van der Waals surface area contributed by atoms with Crippen LogP contribution in [0.15, 0.2) is 30.7 Å². The maximum Gasteiger partial charge on any atom is 0.257 e. The van der Waals surface area contributed by atoms with Crippen LogP contribution in [-0.4, -0.2) is 49.7 Å². The Morgan fingerprint density at radius 3 is 2.22 bits per heavy atom. The van der Waals surface area contributed by atoms with Crippen molar-refractivity contribution in [1.29, 1.82) is 0 Å². The summed E-state index contributed by atoms with van der Waals surface area (Å²) in [6.45, 7) is 1.51. The fraction of sp³-hybridized carbons (Fsp3) is 0.607. The number of nitrogens with zero attached hydrogens (tertiary/aromatic N) is 6. The number of hydrogen-bond acceptors (Lipinski definition) is 7. The number of piperidine rings is 1. The molecule has 0 unspecified atom stereocenters. The van der Waals surface area contributed by atoms with Gasteiger partial charge in [0.25, 0.3) is 5.95 Å². The van der Waals surface area contributed by atoms with E-state index in [0.717, 1.165) is 75.6 Å². The number of nitrogens with two attached hydrogens (primary N) is 1. The lowest BCUT2D eigenvalue weighted by Crippen LogP contribution is -2.58. The van der Waals surface area contributed by atoms with Gasteiger partial charge in [-0.25, -0.2) is 34.3 Å². The first-order valence-corrected chi connectivity index (χ1v) is 14.2. The number of aromatic nitrogens is 4. The lowest BCUT2D eigenvalue weighted by Gasteiger charge is -2.42. The molecule has 2 aromatic heterocycles. The first-order valence-electron chi connectivity index (χ1n) is 14.2. The summed E-state index contributed by atoms with van der Waals surface area (Å²) in [5.74, 6) is -0.0660. The van der Waals surface area contributed by atoms with E-state index in [1.165, 1.54) is 31.0 Å². The van der Waals surface area contributed by atoms with E-state index in [-0.39, 0.29) is 54.7 Å². The average molecular weight is 634 g/mol. The minimum absolute atomic E-state index is 0. The summed E-state index contributed by atoms with van der Waals surface area (Å²) in [5.41, 5.74) is 11.8. The monoisotopic (exact) mass is 632 g/mol. The van der Waals surface area contributed by atoms with Crippen molar-refractivity contribution in [3.8, 4) is 0 Å². The number of fused-ring (bicyclic) bond motifs is 1. The first-order chi connectivity index (χ1) is 18.5. The van der Waals surface area contributed by atoms with Crippen molar-refractivity contribution < 1.29 is 8.78 Å². The molecule has 13 heteroatoms. The van der Waals surface area contributed by atoms with Crippen LogP contribution in [-0.2, 0) is 6.42 Å². The highest BCUT2D eigenvalue weighted by Crippen LogP contribution is 2.32. The molecular formula is C28H41Cl3F2N8. The number of benzene rings is 1. The predicted molar refractivity (Wildman–Crippen MR) is 165 cm³/mol. The summed E-state index contributed by atoms with van der Waals surface area (Å²) in [5, 5.41) is 4.28. The SMILES string of the molecule is Cl.Cl.Cl.NC1CCC(NN(c2ncc3ncn(C4CCCC4)c3n2)N2CCC(Cc3c(F)cccc3F)CC2)CC1. The Hall–Kier alpha value is -1.82. The average Bonchev–Trinajstić information content (AvgIpc) is 3.61. The Labute approximate surface area is 259 Å². The van der Waals surface area contributed by atoms with Gasteiger partial charge in [-0.05, 0) is 75.8 Å². The Kier molecular flexibility index (Phi) is 12.4. The van der Waals surface area contributed by atoms with Crippen molar-refractivity contribution in [3.05, 3.63) is 47.9 Å². The molecule has 1 aromatic carbocycles. The van der Waals surface area contributed by atoms with Crippen molar-refractivity contribution in [2.45, 2.75) is 88.8 Å². The highest BCUT2D eigenvalue weighted by Gasteiger charge is 2.30. The van der Waals surface area contributed by atoms with E-state index in [1.54, 1.807) is 0 Å². The van der Waals surface area contributed by atoms with Gasteiger partial charge in [-0.1, -0.05) is 18.9 Å². The molecule has 0 atom stereocenters. The number of hydrogen-bond donors (Lipinski definition) is 2. The van der Waals surface area contributed by atoms with E-state index in [0.29, 0.717) is 24.5 Å². The highest BCUT2D eigenvalue weighted by molar-refractivity contribution is 5.86. The molecule has 3 heterocycles. The second-order valence-electron chi connectivity index (χ2n) is 11.3. The summed E-state index contributed by atoms with van der Waals surface area (Å²) in [6, 6.07) is 5.12. The molecule has 3 aliphatic rings. The van der Waals surface area contributed by atoms with Crippen LogP contribution in [0.5, 0.6) is 0 Å². The fourth-order valence-corrected chi connectivity index (χ4v) is 6.40. The van der Waals surface area contributed by atoms with Gasteiger partial charge in [0.1, 0.15) is 17.2 Å². The Balaban J connectivity index is 0.00000154. The fourth-order valence-electron chi connectivity index (χ4n) is 6.40. The molecule has 0 radical (unpaired) electrons. The van der Waals surface area contributed by atoms with Crippen molar-refractivity contribution in [1.82, 2.24) is 30.0 Å². The summed E-state index contributed by atoms with van der Waals surface area (Å²) in [7, 11) is 0. The minimum atomic E-state index is -0.452. The molecule has 6 rings (SSSR count). The van der Waals surface area contributed by atoms with E-state index in [4.69, 9.17) is 15.7 Å². The lowest BCUT2D eigenvalue weighted by atomic mass is 9.90. The molecule has 41 heavy (non-hydrogen) atoms. The quantitative estimate of drug-likeness (QED) is 0.312. The molecule has 8 nitrogen and oxygen atoms in total. The van der Waals surface area contributed by atoms with Gasteiger partial charge in [0.05, 0.1) is 12.5 Å². The zero-order chi connectivity index (χ0) is 26.1. The second kappa shape index (κ2) is 15.1. The number of rotatable bonds is 7. The predicted octanol–water partition coefficient (Wildman–Crippen LogP) is 5.94. The van der Waals surface area contributed by atoms with Crippen LogP contribution in [0.1, 0.15) is 75.8 Å². The summed E-state index contributed by atoms with van der Waals surface area (Å²) in [6.07, 6.45) is 14.6. The van der Waals surface area contributed by atoms with E-state index in [9.17, 15) is 8.78 Å². The van der Waals surface area contributed by atoms with Gasteiger partial charge in [-0.2, -0.15) is 4.98 Å². The zero-order valence-electron chi connectivity index (χ0n) is 23.1. The molecule has 3 N–H and O–H groups in total. The van der Waals surface area contributed by atoms with E-state index in [2.05, 4.69) is 20.0 Å². The molecule has 0 bridgehead atoms. The van der Waals surface area contributed by atoms with E-state index < -0.39 is 11.6 Å². The van der Waals surface area contributed by atoms with Crippen molar-refractivity contribution in [3.63, 3.8) is 0 Å². The first kappa shape index (κ1) is 33.7. The van der Waals surface area contributed by atoms with E-state index >= 15 is 0 Å². The summed E-state index contributed by atoms with van der Waals surface area (Å²) >= 11 is 0. The van der Waals surface area contributed by atoms with Gasteiger partial charge in [0, 0.05) is 36.8 Å². The number of anilines is 1. The third-order valence-electron chi connectivity index (χ3n) is 8.72. The molecule has 2 aliphatic carbocycles. The third-order valence-corrected chi connectivity index (χ3v) is 8.72. The summed E-state index contributed by atoms with van der Waals surface area (Å²) < 4.78 is 30.8. The molecule has 3 fully saturated rings. The molecule has 0 spiro atoms. The van der Waals surface area contributed by atoms with Crippen LogP contribution in [0.4, 0.5) is 14.7 Å². The standard InChI is InChI=1S/C28H38F2N8.3ClH/c29-24-6-3-7-25(30)23(24)16-19-12-14-36(15-13-19)38(35-21-10-8-20(31)9-11-21)28-32-17-26-27(34-28)37(18-33-26)22-4-1-2-5-22;;;/h3,6-7,17-22,35H,1-2,4-5,8-16,31H2;3*1H. The molecule has 3 aromatic rings. The highest BCUT2D eigenvalue weighted by atomic mass is 35.5. The molecule has 228 valence electrons. The second-order valence-corrected chi connectivity index (χ2v) is 11.3. The smallest absolute Gasteiger partial charge is 0.257 e. The Morgan fingerprint density at radius 2 is 1.56 bits per heavy atom. The van der Waals surface area contributed by atoms with Crippen molar-refractivity contribution in [2.75, 3.05) is 18.2 Å². The number of hydrazine groups is 2. The van der Waals surface area contributed by atoms with Crippen LogP contribution in [0.3, 0.4) is 0 Å². The molecule has 1 aliphatic heterocycles. The maximum atomic E-state index is 14.3. The van der Waals surface area contributed by atoms with Gasteiger partial charge in [-0.3, -0.25) is 0 Å². The lowest BCUT2D eigenvalue weighted by molar-refractivity contribution is 0.132. The molecular weight excluding hydrogens is 593 g/mol. The van der Waals surface area contributed by atoms with Gasteiger partial charge in [0.2, 0.25) is 0 Å². The number of nitrogens with one attached hydrogen (secondary N) is 1. The number of imidazole rings is 1. The van der Waals surface area contributed by atoms with Gasteiger partial charge < -0.3 is 10.3 Å². The van der Waals surface area contributed by atoms with Crippen LogP contribution in [0.25, 0.3) is 11.2 Å². The van der Waals surface area contributed by atoms with Crippen LogP contribution >= 0.6 is 37.2 Å².